The van der Waals surface area contributed by atoms with Crippen molar-refractivity contribution in [3.63, 3.8) is 0 Å². The number of nitrogens with zero attached hydrogens (tertiary/aromatic N) is 2. The number of aromatic nitrogens is 3. The molecule has 1 aromatic rings. The molecular formula is C3HN3O3S-2. The summed E-state index contributed by atoms with van der Waals surface area (Å²) in [6.07, 6.45) is 0. The average Bonchev–Trinajstić information content (AvgIpc) is 1.88. The zero-order chi connectivity index (χ0) is 7.56. The van der Waals surface area contributed by atoms with Gasteiger partial charge in [0.1, 0.15) is 0 Å². The lowest BCUT2D eigenvalue weighted by Gasteiger charge is -2.03. The van der Waals surface area contributed by atoms with Crippen molar-refractivity contribution in [1.29, 1.82) is 0 Å². The van der Waals surface area contributed by atoms with Crippen molar-refractivity contribution in [2.75, 3.05) is 0 Å². The van der Waals surface area contributed by atoms with Gasteiger partial charge in [0.05, 0.1) is 6.01 Å². The van der Waals surface area contributed by atoms with Crippen molar-refractivity contribution in [1.82, 2.24) is 15.2 Å². The Morgan fingerprint density at radius 2 is 2.20 bits per heavy atom. The fourth-order valence-electron chi connectivity index (χ4n) is 0.366. The Hall–Kier alpha value is -1.08. The Balaban J connectivity index is 3.20. The van der Waals surface area contributed by atoms with Crippen LogP contribution < -0.4 is 10.7 Å². The quantitative estimate of drug-likeness (QED) is 0.498. The molecule has 0 unspecified atom stereocenters. The van der Waals surface area contributed by atoms with Crippen molar-refractivity contribution in [2.24, 2.45) is 0 Å². The minimum absolute atomic E-state index is 0.102. The third kappa shape index (κ3) is 1.25. The molecular weight excluding hydrogens is 158 g/mol. The lowest BCUT2D eigenvalue weighted by atomic mass is 10.8. The molecule has 0 saturated heterocycles. The molecule has 6 nitrogen and oxygen atoms in total. The monoisotopic (exact) mass is 159 g/mol. The van der Waals surface area contributed by atoms with E-state index in [-0.39, 0.29) is 17.1 Å². The molecule has 0 amide bonds. The van der Waals surface area contributed by atoms with Crippen molar-refractivity contribution in [3.05, 3.63) is 10.4 Å². The second-order valence-electron chi connectivity index (χ2n) is 1.35. The maximum absolute atomic E-state index is 10.5. The van der Waals surface area contributed by atoms with Crippen molar-refractivity contribution in [2.45, 2.75) is 5.03 Å². The van der Waals surface area contributed by atoms with Crippen molar-refractivity contribution >= 4 is 12.0 Å². The van der Waals surface area contributed by atoms with Crippen LogP contribution in [-0.2, 0) is 0 Å². The largest absolute Gasteiger partial charge is 0.844 e. The molecule has 0 atom stereocenters. The first-order valence-electron chi connectivity index (χ1n) is 2.18. The van der Waals surface area contributed by atoms with Gasteiger partial charge < -0.3 is 14.6 Å². The second kappa shape index (κ2) is 2.67. The molecule has 7 heteroatoms. The molecule has 0 bridgehead atoms. The first-order chi connectivity index (χ1) is 4.74. The summed E-state index contributed by atoms with van der Waals surface area (Å²) in [5, 5.41) is 15.8. The van der Waals surface area contributed by atoms with E-state index in [2.05, 4.69) is 10.2 Å². The van der Waals surface area contributed by atoms with E-state index >= 15 is 0 Å². The van der Waals surface area contributed by atoms with Gasteiger partial charge in [0, 0.05) is 0 Å². The minimum Gasteiger partial charge on any atom is -0.844 e. The van der Waals surface area contributed by atoms with Gasteiger partial charge in [-0.05, 0) is 0 Å². The van der Waals surface area contributed by atoms with Crippen LogP contribution in [0.25, 0.3) is 0 Å². The summed E-state index contributed by atoms with van der Waals surface area (Å²) in [7, 11) is 0. The summed E-state index contributed by atoms with van der Waals surface area (Å²) in [6, 6.07) is -0.845. The normalized spacial score (nSPS) is 9.70. The molecule has 0 aliphatic heterocycles. The van der Waals surface area contributed by atoms with E-state index in [9.17, 15) is 14.5 Å². The van der Waals surface area contributed by atoms with Gasteiger partial charge >= 0.3 is 0 Å². The Labute approximate surface area is 59.1 Å². The molecule has 1 heterocycles. The van der Waals surface area contributed by atoms with E-state index in [1.807, 2.05) is 0 Å². The fourth-order valence-corrected chi connectivity index (χ4v) is 0.567. The molecule has 0 spiro atoms. The van der Waals surface area contributed by atoms with E-state index in [0.29, 0.717) is 0 Å². The van der Waals surface area contributed by atoms with E-state index in [1.54, 1.807) is 4.98 Å². The van der Waals surface area contributed by atoms with Gasteiger partial charge in [0.15, 0.2) is 5.03 Å². The summed E-state index contributed by atoms with van der Waals surface area (Å²) >= 11 is -0.102. The lowest BCUT2D eigenvalue weighted by Crippen LogP contribution is -2.15. The predicted molar refractivity (Wildman–Crippen MR) is 28.7 cm³/mol. The highest BCUT2D eigenvalue weighted by atomic mass is 32.2. The SMILES string of the molecule is O=c1[nH]c([O-])nnc1S[O-]. The van der Waals surface area contributed by atoms with E-state index in [0.717, 1.165) is 0 Å². The summed E-state index contributed by atoms with van der Waals surface area (Å²) < 4.78 is 9.96. The molecule has 0 aromatic carbocycles. The number of rotatable bonds is 1. The summed E-state index contributed by atoms with van der Waals surface area (Å²) in [6.45, 7) is 0. The van der Waals surface area contributed by atoms with Gasteiger partial charge in [0.2, 0.25) is 0 Å². The van der Waals surface area contributed by atoms with Gasteiger partial charge in [-0.1, -0.05) is 0 Å². The Morgan fingerprint density at radius 3 is 2.70 bits per heavy atom. The van der Waals surface area contributed by atoms with Crippen LogP contribution in [0.2, 0.25) is 0 Å². The first-order valence-corrected chi connectivity index (χ1v) is 2.92. The highest BCUT2D eigenvalue weighted by molar-refractivity contribution is 7.93. The van der Waals surface area contributed by atoms with Gasteiger partial charge in [-0.3, -0.25) is 4.79 Å². The molecule has 1 aromatic heterocycles. The molecule has 0 fully saturated rings. The van der Waals surface area contributed by atoms with Gasteiger partial charge in [-0.25, -0.2) is 0 Å². The van der Waals surface area contributed by atoms with E-state index in [1.165, 1.54) is 0 Å². The zero-order valence-corrected chi connectivity index (χ0v) is 5.34. The minimum atomic E-state index is -0.845. The number of hydrogen-bond donors (Lipinski definition) is 1. The molecule has 1 rings (SSSR count). The van der Waals surface area contributed by atoms with Crippen molar-refractivity contribution in [3.8, 4) is 6.01 Å². The molecule has 0 aliphatic carbocycles. The first kappa shape index (κ1) is 7.03. The van der Waals surface area contributed by atoms with E-state index < -0.39 is 11.6 Å². The third-order valence-electron chi connectivity index (χ3n) is 0.725. The molecule has 1 N–H and O–H groups in total. The van der Waals surface area contributed by atoms with Crippen LogP contribution >= 0.6 is 12.0 Å². The summed E-state index contributed by atoms with van der Waals surface area (Å²) in [5.74, 6) is 0. The summed E-state index contributed by atoms with van der Waals surface area (Å²) in [5.41, 5.74) is -0.792. The van der Waals surface area contributed by atoms with Gasteiger partial charge in [0.25, 0.3) is 5.56 Å². The predicted octanol–water partition coefficient (Wildman–Crippen LogP) is -1.54. The molecule has 54 valence electrons. The fraction of sp³-hybridized carbons (Fsp3) is 0. The van der Waals surface area contributed by atoms with Gasteiger partial charge in [-0.2, -0.15) is 12.0 Å². The van der Waals surface area contributed by atoms with Crippen LogP contribution in [0.15, 0.2) is 9.82 Å². The Bertz CT molecular complexity index is 285. The highest BCUT2D eigenvalue weighted by Crippen LogP contribution is 2.00. The molecule has 10 heavy (non-hydrogen) atoms. The average molecular weight is 159 g/mol. The van der Waals surface area contributed by atoms with Crippen LogP contribution in [0.3, 0.4) is 0 Å². The topological polar surface area (TPSA) is 105 Å². The van der Waals surface area contributed by atoms with E-state index in [4.69, 9.17) is 0 Å². The summed E-state index contributed by atoms with van der Waals surface area (Å²) in [4.78, 5) is 12.3. The number of hydrogen-bond acceptors (Lipinski definition) is 6. The van der Waals surface area contributed by atoms with Crippen LogP contribution in [0.5, 0.6) is 6.01 Å². The van der Waals surface area contributed by atoms with Crippen LogP contribution in [0.1, 0.15) is 0 Å². The van der Waals surface area contributed by atoms with Crippen LogP contribution in [0, 0.1) is 0 Å². The number of H-pyrrole nitrogens is 1. The molecule has 0 radical (unpaired) electrons. The second-order valence-corrected chi connectivity index (χ2v) is 1.90. The smallest absolute Gasteiger partial charge is 0.281 e. The number of nitrogens with one attached hydrogen (secondary N) is 1. The lowest BCUT2D eigenvalue weighted by molar-refractivity contribution is -0.283. The zero-order valence-electron chi connectivity index (χ0n) is 4.53. The van der Waals surface area contributed by atoms with Crippen molar-refractivity contribution < 1.29 is 9.66 Å². The molecule has 0 saturated carbocycles. The standard InChI is InChI=1S/C3H3N3O3S/c7-1-2(10-9)5-6-3(8)4-1/h9H,(H2,4,6,7,8)/p-2. The van der Waals surface area contributed by atoms with Gasteiger partial charge in [-0.15, -0.1) is 10.2 Å². The van der Waals surface area contributed by atoms with Crippen LogP contribution in [-0.4, -0.2) is 19.7 Å². The number of aromatic amines is 1. The Morgan fingerprint density at radius 1 is 1.50 bits per heavy atom. The van der Waals surface area contributed by atoms with Crippen LogP contribution in [0.4, 0.5) is 0 Å². The maximum Gasteiger partial charge on any atom is 0.281 e. The Kier molecular flexibility index (Phi) is 1.88. The highest BCUT2D eigenvalue weighted by Gasteiger charge is 1.92. The molecule has 0 aliphatic rings. The maximum atomic E-state index is 10.5. The third-order valence-corrected chi connectivity index (χ3v) is 1.15.